The summed E-state index contributed by atoms with van der Waals surface area (Å²) in [5, 5.41) is 11.2. The normalized spacial score (nSPS) is 13.4. The molecule has 31 heavy (non-hydrogen) atoms. The van der Waals surface area contributed by atoms with E-state index in [1.54, 1.807) is 41.1 Å². The van der Waals surface area contributed by atoms with Gasteiger partial charge in [0.25, 0.3) is 11.8 Å². The van der Waals surface area contributed by atoms with Gasteiger partial charge in [-0.2, -0.15) is 5.10 Å². The minimum Gasteiger partial charge on any atom is -0.349 e. The molecule has 2 heterocycles. The molecule has 1 aliphatic rings. The second kappa shape index (κ2) is 7.63. The minimum absolute atomic E-state index is 0.0919. The Morgan fingerprint density at radius 2 is 1.77 bits per heavy atom. The summed E-state index contributed by atoms with van der Waals surface area (Å²) in [5.41, 5.74) is 2.71. The van der Waals surface area contributed by atoms with Gasteiger partial charge in [0.2, 0.25) is 0 Å². The van der Waals surface area contributed by atoms with Gasteiger partial charge in [-0.15, -0.1) is 11.3 Å². The maximum Gasteiger partial charge on any atom is 0.265 e. The Labute approximate surface area is 181 Å². The quantitative estimate of drug-likeness (QED) is 0.479. The van der Waals surface area contributed by atoms with E-state index in [9.17, 15) is 14.0 Å². The highest BCUT2D eigenvalue weighted by Gasteiger charge is 2.23. The number of hydrogen-bond acceptors (Lipinski definition) is 4. The van der Waals surface area contributed by atoms with Crippen molar-refractivity contribution in [1.82, 2.24) is 15.1 Å². The fraction of sp³-hybridized carbons (Fsp3) is 0.174. The number of halogens is 1. The third-order valence-electron chi connectivity index (χ3n) is 5.16. The van der Waals surface area contributed by atoms with E-state index in [1.807, 2.05) is 13.0 Å². The molecule has 2 N–H and O–H groups in total. The molecule has 0 atom stereocenters. The van der Waals surface area contributed by atoms with Crippen LogP contribution < -0.4 is 10.6 Å². The van der Waals surface area contributed by atoms with Crippen molar-refractivity contribution in [1.29, 1.82) is 0 Å². The van der Waals surface area contributed by atoms with Crippen LogP contribution in [-0.2, 0) is 0 Å². The van der Waals surface area contributed by atoms with Gasteiger partial charge in [0.05, 0.1) is 16.3 Å². The van der Waals surface area contributed by atoms with Crippen LogP contribution in [0.25, 0.3) is 15.9 Å². The number of hydrogen-bond donors (Lipinski definition) is 2. The second-order valence-corrected chi connectivity index (χ2v) is 8.61. The van der Waals surface area contributed by atoms with Crippen LogP contribution in [-0.4, -0.2) is 27.6 Å². The number of amides is 2. The summed E-state index contributed by atoms with van der Waals surface area (Å²) in [4.78, 5) is 26.3. The first kappa shape index (κ1) is 19.4. The van der Waals surface area contributed by atoms with E-state index < -0.39 is 0 Å². The summed E-state index contributed by atoms with van der Waals surface area (Å²) >= 11 is 1.32. The first-order chi connectivity index (χ1) is 15.0. The SMILES string of the molecule is Cc1nn(-c2ccc(F)cc2)c2sc(C(=O)Nc3ccc(C(=O)NC4CC4)cc3)cc12. The maximum atomic E-state index is 13.3. The molecule has 2 aromatic carbocycles. The molecule has 0 saturated heterocycles. The molecule has 8 heteroatoms. The van der Waals surface area contributed by atoms with Gasteiger partial charge in [-0.1, -0.05) is 0 Å². The van der Waals surface area contributed by atoms with Gasteiger partial charge >= 0.3 is 0 Å². The summed E-state index contributed by atoms with van der Waals surface area (Å²) in [6.07, 6.45) is 2.07. The number of nitrogens with one attached hydrogen (secondary N) is 2. The smallest absolute Gasteiger partial charge is 0.265 e. The number of carbonyl (C=O) groups excluding carboxylic acids is 2. The third kappa shape index (κ3) is 3.94. The van der Waals surface area contributed by atoms with E-state index in [2.05, 4.69) is 15.7 Å². The van der Waals surface area contributed by atoms with E-state index in [1.165, 1.54) is 23.5 Å². The molecule has 0 bridgehead atoms. The molecular weight excluding hydrogens is 415 g/mol. The Morgan fingerprint density at radius 3 is 2.45 bits per heavy atom. The Bertz CT molecular complexity index is 1290. The fourth-order valence-electron chi connectivity index (χ4n) is 3.31. The Morgan fingerprint density at radius 1 is 1.06 bits per heavy atom. The zero-order valence-electron chi connectivity index (χ0n) is 16.7. The summed E-state index contributed by atoms with van der Waals surface area (Å²) in [5.74, 6) is -0.640. The predicted octanol–water partition coefficient (Wildman–Crippen LogP) is 4.68. The molecule has 0 radical (unpaired) electrons. The average Bonchev–Trinajstić information content (AvgIpc) is 3.37. The number of rotatable bonds is 5. The van der Waals surface area contributed by atoms with E-state index >= 15 is 0 Å². The Balaban J connectivity index is 1.35. The van der Waals surface area contributed by atoms with Gasteiger partial charge in [0, 0.05) is 22.7 Å². The van der Waals surface area contributed by atoms with Gasteiger partial charge < -0.3 is 10.6 Å². The lowest BCUT2D eigenvalue weighted by atomic mass is 10.2. The van der Waals surface area contributed by atoms with Crippen molar-refractivity contribution in [2.45, 2.75) is 25.8 Å². The molecule has 156 valence electrons. The van der Waals surface area contributed by atoms with Crippen molar-refractivity contribution >= 4 is 39.1 Å². The maximum absolute atomic E-state index is 13.3. The molecule has 6 nitrogen and oxygen atoms in total. The average molecular weight is 434 g/mol. The molecule has 2 amide bonds. The number of benzene rings is 2. The predicted molar refractivity (Wildman–Crippen MR) is 119 cm³/mol. The first-order valence-corrected chi connectivity index (χ1v) is 10.8. The topological polar surface area (TPSA) is 76.0 Å². The zero-order valence-corrected chi connectivity index (χ0v) is 17.5. The largest absolute Gasteiger partial charge is 0.349 e. The first-order valence-electron chi connectivity index (χ1n) is 9.95. The molecule has 2 aromatic heterocycles. The standard InChI is InChI=1S/C23H19FN4O2S/c1-13-19-12-20(31-23(19)28(27-13)18-10-4-15(24)5-11-18)22(30)26-16-6-2-14(3-7-16)21(29)25-17-8-9-17/h2-7,10-12,17H,8-9H2,1H3,(H,25,29)(H,26,30). The van der Waals surface area contributed by atoms with Crippen molar-refractivity contribution < 1.29 is 14.0 Å². The van der Waals surface area contributed by atoms with Crippen LogP contribution in [0, 0.1) is 12.7 Å². The molecule has 5 rings (SSSR count). The second-order valence-electron chi connectivity index (χ2n) is 7.58. The van der Waals surface area contributed by atoms with E-state index in [0.717, 1.165) is 34.4 Å². The zero-order chi connectivity index (χ0) is 21.5. The number of fused-ring (bicyclic) bond motifs is 1. The van der Waals surface area contributed by atoms with Crippen molar-refractivity contribution in [3.8, 4) is 5.69 Å². The lowest BCUT2D eigenvalue weighted by molar-refractivity contribution is 0.0950. The number of nitrogens with zero attached hydrogens (tertiary/aromatic N) is 2. The summed E-state index contributed by atoms with van der Waals surface area (Å²) in [7, 11) is 0. The lowest BCUT2D eigenvalue weighted by Gasteiger charge is -2.06. The third-order valence-corrected chi connectivity index (χ3v) is 6.27. The summed E-state index contributed by atoms with van der Waals surface area (Å²) in [6, 6.07) is 15.0. The number of aromatic nitrogens is 2. The van der Waals surface area contributed by atoms with Crippen LogP contribution in [0.2, 0.25) is 0 Å². The highest BCUT2D eigenvalue weighted by Crippen LogP contribution is 2.31. The van der Waals surface area contributed by atoms with Gasteiger partial charge in [0.15, 0.2) is 0 Å². The molecule has 1 fully saturated rings. The molecule has 1 saturated carbocycles. The van der Waals surface area contributed by atoms with Crippen molar-refractivity contribution in [3.05, 3.63) is 76.5 Å². The van der Waals surface area contributed by atoms with Crippen LogP contribution in [0.1, 0.15) is 38.6 Å². The Kier molecular flexibility index (Phi) is 4.78. The molecule has 0 unspecified atom stereocenters. The van der Waals surface area contributed by atoms with Crippen LogP contribution in [0.5, 0.6) is 0 Å². The van der Waals surface area contributed by atoms with Crippen molar-refractivity contribution in [3.63, 3.8) is 0 Å². The fourth-order valence-corrected chi connectivity index (χ4v) is 4.39. The highest BCUT2D eigenvalue weighted by atomic mass is 32.1. The number of anilines is 1. The summed E-state index contributed by atoms with van der Waals surface area (Å²) in [6.45, 7) is 1.88. The molecule has 1 aliphatic carbocycles. The van der Waals surface area contributed by atoms with E-state index in [-0.39, 0.29) is 17.6 Å². The van der Waals surface area contributed by atoms with Gasteiger partial charge in [-0.3, -0.25) is 9.59 Å². The van der Waals surface area contributed by atoms with Gasteiger partial charge in [-0.05, 0) is 74.4 Å². The number of carbonyl (C=O) groups is 2. The Hall–Kier alpha value is -3.52. The van der Waals surface area contributed by atoms with E-state index in [0.29, 0.717) is 22.2 Å². The van der Waals surface area contributed by atoms with Crippen LogP contribution >= 0.6 is 11.3 Å². The summed E-state index contributed by atoms with van der Waals surface area (Å²) < 4.78 is 15.0. The lowest BCUT2D eigenvalue weighted by Crippen LogP contribution is -2.25. The van der Waals surface area contributed by atoms with E-state index in [4.69, 9.17) is 0 Å². The van der Waals surface area contributed by atoms with Gasteiger partial charge in [0.1, 0.15) is 10.6 Å². The van der Waals surface area contributed by atoms with Crippen LogP contribution in [0.3, 0.4) is 0 Å². The van der Waals surface area contributed by atoms with Crippen LogP contribution in [0.15, 0.2) is 54.6 Å². The molecule has 0 aliphatic heterocycles. The minimum atomic E-state index is -0.314. The highest BCUT2D eigenvalue weighted by molar-refractivity contribution is 7.20. The molecule has 4 aromatic rings. The number of aryl methyl sites for hydroxylation is 1. The molecular formula is C23H19FN4O2S. The van der Waals surface area contributed by atoms with Crippen molar-refractivity contribution in [2.75, 3.05) is 5.32 Å². The number of thiophene rings is 1. The van der Waals surface area contributed by atoms with Crippen LogP contribution in [0.4, 0.5) is 10.1 Å². The van der Waals surface area contributed by atoms with Gasteiger partial charge in [-0.25, -0.2) is 9.07 Å². The van der Waals surface area contributed by atoms with Crippen molar-refractivity contribution in [2.24, 2.45) is 0 Å². The molecule has 0 spiro atoms. The monoisotopic (exact) mass is 434 g/mol.